The molecule has 5 nitrogen and oxygen atoms in total. The van der Waals surface area contributed by atoms with Crippen molar-refractivity contribution < 1.29 is 4.74 Å². The largest absolute Gasteiger partial charge is 0.377 e. The third-order valence-corrected chi connectivity index (χ3v) is 3.10. The second-order valence-electron chi connectivity index (χ2n) is 4.60. The van der Waals surface area contributed by atoms with Crippen molar-refractivity contribution in [3.63, 3.8) is 0 Å². The van der Waals surface area contributed by atoms with E-state index in [2.05, 4.69) is 20.6 Å². The Kier molecular flexibility index (Phi) is 5.36. The summed E-state index contributed by atoms with van der Waals surface area (Å²) >= 11 is 6.04. The Labute approximate surface area is 129 Å². The molecular formula is C15H19ClN4O. The van der Waals surface area contributed by atoms with E-state index in [1.807, 2.05) is 38.1 Å². The van der Waals surface area contributed by atoms with Crippen molar-refractivity contribution >= 4 is 28.9 Å². The smallest absolute Gasteiger partial charge is 0.158 e. The fraction of sp³-hybridized carbons (Fsp3) is 0.333. The molecule has 2 N–H and O–H groups in total. The highest BCUT2D eigenvalue weighted by atomic mass is 35.5. The molecular weight excluding hydrogens is 288 g/mol. The van der Waals surface area contributed by atoms with Crippen LogP contribution in [0.25, 0.3) is 0 Å². The van der Waals surface area contributed by atoms with Gasteiger partial charge in [0.2, 0.25) is 0 Å². The summed E-state index contributed by atoms with van der Waals surface area (Å²) in [5.74, 6) is 2.10. The Hall–Kier alpha value is -1.85. The number of nitrogens with zero attached hydrogens (tertiary/aromatic N) is 2. The minimum atomic E-state index is 0.364. The normalized spacial score (nSPS) is 10.5. The first-order valence-electron chi connectivity index (χ1n) is 6.76. The quantitative estimate of drug-likeness (QED) is 0.851. The van der Waals surface area contributed by atoms with Gasteiger partial charge in [-0.3, -0.25) is 0 Å². The highest BCUT2D eigenvalue weighted by Gasteiger charge is 2.06. The molecule has 0 unspecified atom stereocenters. The lowest BCUT2D eigenvalue weighted by Crippen LogP contribution is -2.07. The standard InChI is InChI=1S/C15H19ClN4O/c1-4-17-13-8-14(20-15(19-13)9-21-3)18-12-7-11(16)6-5-10(12)2/h5-8H,4,9H2,1-3H3,(H2,17,18,19,20). The summed E-state index contributed by atoms with van der Waals surface area (Å²) in [6.45, 7) is 5.19. The number of nitrogens with one attached hydrogen (secondary N) is 2. The first-order valence-corrected chi connectivity index (χ1v) is 7.14. The van der Waals surface area contributed by atoms with E-state index in [1.54, 1.807) is 7.11 Å². The summed E-state index contributed by atoms with van der Waals surface area (Å²) in [6, 6.07) is 7.57. The molecule has 1 aromatic carbocycles. The van der Waals surface area contributed by atoms with Crippen LogP contribution in [0.3, 0.4) is 0 Å². The SMILES string of the molecule is CCNc1cc(Nc2cc(Cl)ccc2C)nc(COC)n1. The first kappa shape index (κ1) is 15.5. The number of aromatic nitrogens is 2. The Morgan fingerprint density at radius 2 is 1.95 bits per heavy atom. The van der Waals surface area contributed by atoms with E-state index in [0.29, 0.717) is 23.3 Å². The fourth-order valence-corrected chi connectivity index (χ4v) is 2.07. The van der Waals surface area contributed by atoms with Gasteiger partial charge in [0.1, 0.15) is 18.2 Å². The Balaban J connectivity index is 2.31. The lowest BCUT2D eigenvalue weighted by molar-refractivity contribution is 0.178. The minimum absolute atomic E-state index is 0.364. The van der Waals surface area contributed by atoms with Gasteiger partial charge in [-0.1, -0.05) is 17.7 Å². The number of halogens is 1. The molecule has 0 spiro atoms. The van der Waals surface area contributed by atoms with E-state index in [1.165, 1.54) is 0 Å². The molecule has 0 aliphatic rings. The second-order valence-corrected chi connectivity index (χ2v) is 5.04. The van der Waals surface area contributed by atoms with E-state index < -0.39 is 0 Å². The van der Waals surface area contributed by atoms with Crippen LogP contribution in [0.15, 0.2) is 24.3 Å². The van der Waals surface area contributed by atoms with Gasteiger partial charge in [-0.15, -0.1) is 0 Å². The van der Waals surface area contributed by atoms with Crippen LogP contribution >= 0.6 is 11.6 Å². The van der Waals surface area contributed by atoms with E-state index in [0.717, 1.165) is 23.6 Å². The van der Waals surface area contributed by atoms with Gasteiger partial charge in [0.05, 0.1) is 0 Å². The highest BCUT2D eigenvalue weighted by Crippen LogP contribution is 2.24. The minimum Gasteiger partial charge on any atom is -0.377 e. The van der Waals surface area contributed by atoms with Crippen molar-refractivity contribution in [3.8, 4) is 0 Å². The molecule has 0 amide bonds. The Bertz CT molecular complexity index is 594. The Morgan fingerprint density at radius 3 is 2.67 bits per heavy atom. The molecule has 1 heterocycles. The molecule has 1 aromatic heterocycles. The van der Waals surface area contributed by atoms with Crippen molar-refractivity contribution in [2.75, 3.05) is 24.3 Å². The third-order valence-electron chi connectivity index (χ3n) is 2.87. The lowest BCUT2D eigenvalue weighted by atomic mass is 10.2. The molecule has 6 heteroatoms. The summed E-state index contributed by atoms with van der Waals surface area (Å²) < 4.78 is 5.11. The first-order chi connectivity index (χ1) is 10.1. The van der Waals surface area contributed by atoms with Crippen LogP contribution in [0.1, 0.15) is 18.3 Å². The maximum absolute atomic E-state index is 6.04. The van der Waals surface area contributed by atoms with Gasteiger partial charge < -0.3 is 15.4 Å². The molecule has 0 aliphatic heterocycles. The van der Waals surface area contributed by atoms with Crippen LogP contribution in [0.2, 0.25) is 5.02 Å². The molecule has 0 bridgehead atoms. The topological polar surface area (TPSA) is 59.1 Å². The summed E-state index contributed by atoms with van der Waals surface area (Å²) in [7, 11) is 1.62. The van der Waals surface area contributed by atoms with Crippen LogP contribution in [-0.4, -0.2) is 23.6 Å². The van der Waals surface area contributed by atoms with Gasteiger partial charge in [0.25, 0.3) is 0 Å². The zero-order chi connectivity index (χ0) is 15.2. The number of anilines is 3. The van der Waals surface area contributed by atoms with Crippen molar-refractivity contribution in [1.29, 1.82) is 0 Å². The Morgan fingerprint density at radius 1 is 1.19 bits per heavy atom. The van der Waals surface area contributed by atoms with Crippen molar-refractivity contribution in [2.45, 2.75) is 20.5 Å². The van der Waals surface area contributed by atoms with E-state index in [4.69, 9.17) is 16.3 Å². The van der Waals surface area contributed by atoms with Crippen LogP contribution in [0.5, 0.6) is 0 Å². The predicted molar refractivity (Wildman–Crippen MR) is 86.4 cm³/mol. The predicted octanol–water partition coefficient (Wildman–Crippen LogP) is 3.76. The number of aryl methyl sites for hydroxylation is 1. The van der Waals surface area contributed by atoms with Gasteiger partial charge in [-0.25, -0.2) is 9.97 Å². The van der Waals surface area contributed by atoms with Gasteiger partial charge in [-0.2, -0.15) is 0 Å². The molecule has 0 radical (unpaired) electrons. The summed E-state index contributed by atoms with van der Waals surface area (Å²) in [4.78, 5) is 8.82. The van der Waals surface area contributed by atoms with Crippen molar-refractivity contribution in [2.24, 2.45) is 0 Å². The molecule has 0 fully saturated rings. The molecule has 0 saturated carbocycles. The van der Waals surface area contributed by atoms with Crippen LogP contribution < -0.4 is 10.6 Å². The number of methoxy groups -OCH3 is 1. The number of hydrogen-bond donors (Lipinski definition) is 2. The van der Waals surface area contributed by atoms with Gasteiger partial charge in [0, 0.05) is 30.4 Å². The number of ether oxygens (including phenoxy) is 1. The number of rotatable bonds is 6. The number of hydrogen-bond acceptors (Lipinski definition) is 5. The zero-order valence-electron chi connectivity index (χ0n) is 12.4. The van der Waals surface area contributed by atoms with Gasteiger partial charge >= 0.3 is 0 Å². The van der Waals surface area contributed by atoms with Crippen molar-refractivity contribution in [1.82, 2.24) is 9.97 Å². The third kappa shape index (κ3) is 4.31. The molecule has 0 saturated heterocycles. The maximum atomic E-state index is 6.04. The van der Waals surface area contributed by atoms with Gasteiger partial charge in [0.15, 0.2) is 5.82 Å². The second kappa shape index (κ2) is 7.24. The van der Waals surface area contributed by atoms with Crippen molar-refractivity contribution in [3.05, 3.63) is 40.7 Å². The van der Waals surface area contributed by atoms with E-state index >= 15 is 0 Å². The summed E-state index contributed by atoms with van der Waals surface area (Å²) in [6.07, 6.45) is 0. The number of benzene rings is 1. The summed E-state index contributed by atoms with van der Waals surface area (Å²) in [5, 5.41) is 7.15. The molecule has 0 aliphatic carbocycles. The average Bonchev–Trinajstić information content (AvgIpc) is 2.43. The maximum Gasteiger partial charge on any atom is 0.158 e. The molecule has 21 heavy (non-hydrogen) atoms. The zero-order valence-corrected chi connectivity index (χ0v) is 13.2. The molecule has 2 aromatic rings. The average molecular weight is 307 g/mol. The van der Waals surface area contributed by atoms with Gasteiger partial charge in [-0.05, 0) is 31.5 Å². The van der Waals surface area contributed by atoms with E-state index in [9.17, 15) is 0 Å². The van der Waals surface area contributed by atoms with E-state index in [-0.39, 0.29) is 0 Å². The fourth-order valence-electron chi connectivity index (χ4n) is 1.89. The monoisotopic (exact) mass is 306 g/mol. The molecule has 2 rings (SSSR count). The lowest BCUT2D eigenvalue weighted by Gasteiger charge is -2.12. The van der Waals surface area contributed by atoms with Crippen LogP contribution in [-0.2, 0) is 11.3 Å². The highest BCUT2D eigenvalue weighted by molar-refractivity contribution is 6.30. The van der Waals surface area contributed by atoms with Crippen LogP contribution in [0.4, 0.5) is 17.3 Å². The van der Waals surface area contributed by atoms with Crippen LogP contribution in [0, 0.1) is 6.92 Å². The molecule has 112 valence electrons. The molecule has 0 atom stereocenters. The summed E-state index contributed by atoms with van der Waals surface area (Å²) in [5.41, 5.74) is 2.02.